The molecule has 0 aromatic carbocycles. The van der Waals surface area contributed by atoms with E-state index in [0.717, 1.165) is 12.1 Å². The predicted octanol–water partition coefficient (Wildman–Crippen LogP) is 2.08. The van der Waals surface area contributed by atoms with E-state index in [1.807, 2.05) is 42.0 Å². The summed E-state index contributed by atoms with van der Waals surface area (Å²) in [6.45, 7) is 2.04. The van der Waals surface area contributed by atoms with Crippen LogP contribution in [-0.4, -0.2) is 15.6 Å². The smallest absolute Gasteiger partial charge is 0.120 e. The average molecular weight is 240 g/mol. The molecular weight excluding hydrogens is 224 g/mol. The van der Waals surface area contributed by atoms with Crippen molar-refractivity contribution in [3.8, 4) is 6.07 Å². The van der Waals surface area contributed by atoms with Gasteiger partial charge >= 0.3 is 0 Å². The van der Waals surface area contributed by atoms with Gasteiger partial charge in [0.15, 0.2) is 0 Å². The zero-order valence-corrected chi connectivity index (χ0v) is 10.3. The van der Waals surface area contributed by atoms with Crippen molar-refractivity contribution >= 4 is 0 Å². The molecule has 0 saturated heterocycles. The first-order valence-corrected chi connectivity index (χ1v) is 6.01. The average Bonchev–Trinajstić information content (AvgIpc) is 2.88. The summed E-state index contributed by atoms with van der Waals surface area (Å²) in [4.78, 5) is 4.37. The first-order valence-electron chi connectivity index (χ1n) is 6.01. The van der Waals surface area contributed by atoms with E-state index in [1.54, 1.807) is 12.3 Å². The molecule has 0 amide bonds. The fourth-order valence-corrected chi connectivity index (χ4v) is 2.07. The van der Waals surface area contributed by atoms with Crippen molar-refractivity contribution < 1.29 is 0 Å². The van der Waals surface area contributed by atoms with Crippen LogP contribution in [0.4, 0.5) is 0 Å². The Morgan fingerprint density at radius 3 is 2.83 bits per heavy atom. The Bertz CT molecular complexity index is 538. The van der Waals surface area contributed by atoms with Crippen LogP contribution in [0.15, 0.2) is 42.7 Å². The van der Waals surface area contributed by atoms with Crippen LogP contribution in [0.1, 0.15) is 30.8 Å². The Labute approximate surface area is 107 Å². The van der Waals surface area contributed by atoms with Gasteiger partial charge in [0.1, 0.15) is 11.8 Å². The Hall–Kier alpha value is -2.12. The minimum Gasteiger partial charge on any atom is -0.329 e. The number of nitrogens with zero attached hydrogens (tertiary/aromatic N) is 3. The summed E-state index contributed by atoms with van der Waals surface area (Å²) in [5, 5.41) is 9.13. The van der Waals surface area contributed by atoms with Crippen molar-refractivity contribution in [1.82, 2.24) is 9.55 Å². The van der Waals surface area contributed by atoms with Crippen molar-refractivity contribution in [3.63, 3.8) is 0 Å². The number of pyridine rings is 1. The maximum atomic E-state index is 9.13. The predicted molar refractivity (Wildman–Crippen MR) is 69.8 cm³/mol. The molecule has 0 aliphatic carbocycles. The molecule has 2 rings (SSSR count). The van der Waals surface area contributed by atoms with E-state index in [2.05, 4.69) is 11.1 Å². The van der Waals surface area contributed by atoms with Crippen molar-refractivity contribution in [2.45, 2.75) is 25.4 Å². The van der Waals surface area contributed by atoms with E-state index >= 15 is 0 Å². The second-order valence-corrected chi connectivity index (χ2v) is 4.18. The second kappa shape index (κ2) is 5.48. The maximum Gasteiger partial charge on any atom is 0.120 e. The van der Waals surface area contributed by atoms with Gasteiger partial charge in [0, 0.05) is 18.4 Å². The monoisotopic (exact) mass is 240 g/mol. The Kier molecular flexibility index (Phi) is 3.75. The molecule has 18 heavy (non-hydrogen) atoms. The summed E-state index contributed by atoms with van der Waals surface area (Å²) in [7, 11) is 0. The van der Waals surface area contributed by atoms with Crippen LogP contribution in [0.2, 0.25) is 0 Å². The number of nitriles is 1. The summed E-state index contributed by atoms with van der Waals surface area (Å²) in [6, 6.07) is 11.4. The quantitative estimate of drug-likeness (QED) is 0.889. The van der Waals surface area contributed by atoms with Gasteiger partial charge in [0.2, 0.25) is 0 Å². The molecule has 0 saturated carbocycles. The Balaban J connectivity index is 2.48. The fraction of sp³-hybridized carbons (Fsp3) is 0.286. The van der Waals surface area contributed by atoms with Crippen molar-refractivity contribution in [2.24, 2.45) is 5.73 Å². The van der Waals surface area contributed by atoms with Gasteiger partial charge in [-0.25, -0.2) is 0 Å². The molecule has 0 bridgehead atoms. The van der Waals surface area contributed by atoms with Crippen LogP contribution in [0.25, 0.3) is 0 Å². The lowest BCUT2D eigenvalue weighted by Gasteiger charge is -2.25. The van der Waals surface area contributed by atoms with Gasteiger partial charge in [0.05, 0.1) is 11.7 Å². The standard InChI is InChI=1S/C14H16N4/c1-2-12(16)14(13-7-3-4-8-17-13)18-9-5-6-11(18)10-15/h3-9,12,14H,2,16H2,1H3. The topological polar surface area (TPSA) is 67.6 Å². The highest BCUT2D eigenvalue weighted by molar-refractivity contribution is 5.26. The Morgan fingerprint density at radius 2 is 2.22 bits per heavy atom. The van der Waals surface area contributed by atoms with Crippen molar-refractivity contribution in [1.29, 1.82) is 5.26 Å². The van der Waals surface area contributed by atoms with Gasteiger partial charge in [-0.1, -0.05) is 13.0 Å². The van der Waals surface area contributed by atoms with Crippen LogP contribution < -0.4 is 5.73 Å². The molecule has 0 radical (unpaired) electrons. The fourth-order valence-electron chi connectivity index (χ4n) is 2.07. The largest absolute Gasteiger partial charge is 0.329 e. The summed E-state index contributed by atoms with van der Waals surface area (Å²) in [5.74, 6) is 0. The minimum absolute atomic E-state index is 0.0700. The molecule has 2 N–H and O–H groups in total. The summed E-state index contributed by atoms with van der Waals surface area (Å²) < 4.78 is 1.90. The molecule has 2 aromatic heterocycles. The summed E-state index contributed by atoms with van der Waals surface area (Å²) in [6.07, 6.45) is 4.46. The van der Waals surface area contributed by atoms with E-state index in [1.165, 1.54) is 0 Å². The third-order valence-electron chi connectivity index (χ3n) is 3.06. The van der Waals surface area contributed by atoms with E-state index in [9.17, 15) is 0 Å². The number of hydrogen-bond donors (Lipinski definition) is 1. The van der Waals surface area contributed by atoms with Gasteiger partial charge in [-0.2, -0.15) is 5.26 Å². The van der Waals surface area contributed by atoms with Crippen LogP contribution in [-0.2, 0) is 0 Å². The van der Waals surface area contributed by atoms with Gasteiger partial charge in [-0.15, -0.1) is 0 Å². The third kappa shape index (κ3) is 2.27. The molecule has 0 aliphatic rings. The van der Waals surface area contributed by atoms with E-state index in [0.29, 0.717) is 5.69 Å². The number of hydrogen-bond acceptors (Lipinski definition) is 3. The first kappa shape index (κ1) is 12.3. The minimum atomic E-state index is -0.0964. The summed E-state index contributed by atoms with van der Waals surface area (Å²) >= 11 is 0. The second-order valence-electron chi connectivity index (χ2n) is 4.18. The highest BCUT2D eigenvalue weighted by atomic mass is 15.1. The lowest BCUT2D eigenvalue weighted by atomic mass is 10.0. The zero-order chi connectivity index (χ0) is 13.0. The van der Waals surface area contributed by atoms with Crippen LogP contribution in [0.3, 0.4) is 0 Å². The first-order chi connectivity index (χ1) is 8.77. The highest BCUT2D eigenvalue weighted by Gasteiger charge is 2.22. The van der Waals surface area contributed by atoms with Gasteiger partial charge in [-0.3, -0.25) is 4.98 Å². The van der Waals surface area contributed by atoms with Gasteiger partial charge in [0.25, 0.3) is 0 Å². The molecule has 2 atom stereocenters. The van der Waals surface area contributed by atoms with E-state index in [-0.39, 0.29) is 12.1 Å². The number of nitrogens with two attached hydrogens (primary N) is 1. The SMILES string of the molecule is CCC(N)C(c1ccccn1)n1cccc1C#N. The molecule has 0 fully saturated rings. The number of aromatic nitrogens is 2. The van der Waals surface area contributed by atoms with Crippen LogP contribution in [0, 0.1) is 11.3 Å². The van der Waals surface area contributed by atoms with Crippen molar-refractivity contribution in [3.05, 3.63) is 54.1 Å². The molecule has 2 heterocycles. The summed E-state index contributed by atoms with van der Waals surface area (Å²) in [5.41, 5.74) is 7.69. The molecule has 92 valence electrons. The van der Waals surface area contributed by atoms with E-state index in [4.69, 9.17) is 11.0 Å². The maximum absolute atomic E-state index is 9.13. The molecule has 2 unspecified atom stereocenters. The molecule has 0 spiro atoms. The van der Waals surface area contributed by atoms with Gasteiger partial charge in [-0.05, 0) is 30.7 Å². The lowest BCUT2D eigenvalue weighted by Crippen LogP contribution is -2.33. The van der Waals surface area contributed by atoms with Crippen LogP contribution in [0.5, 0.6) is 0 Å². The number of rotatable bonds is 4. The molecule has 4 nitrogen and oxygen atoms in total. The van der Waals surface area contributed by atoms with Crippen molar-refractivity contribution in [2.75, 3.05) is 0 Å². The lowest BCUT2D eigenvalue weighted by molar-refractivity contribution is 0.448. The molecular formula is C14H16N4. The normalized spacial score (nSPS) is 13.8. The van der Waals surface area contributed by atoms with Crippen LogP contribution >= 0.6 is 0 Å². The highest BCUT2D eigenvalue weighted by Crippen LogP contribution is 2.23. The molecule has 4 heteroatoms. The van der Waals surface area contributed by atoms with Gasteiger partial charge < -0.3 is 10.3 Å². The molecule has 0 aliphatic heterocycles. The third-order valence-corrected chi connectivity index (χ3v) is 3.06. The zero-order valence-electron chi connectivity index (χ0n) is 10.3. The Morgan fingerprint density at radius 1 is 1.39 bits per heavy atom. The molecule has 2 aromatic rings. The van der Waals surface area contributed by atoms with E-state index < -0.39 is 0 Å².